The minimum Gasteiger partial charge on any atom is -0.496 e. The SMILES string of the molecule is COc1ccc(Cl)cc1CC(=O)OCC(=O)N[C@@H](C)c1ccccc1Cl. The van der Waals surface area contributed by atoms with E-state index in [1.54, 1.807) is 31.2 Å². The Hall–Kier alpha value is -2.24. The van der Waals surface area contributed by atoms with Gasteiger partial charge in [0.1, 0.15) is 5.75 Å². The van der Waals surface area contributed by atoms with Gasteiger partial charge in [0.15, 0.2) is 6.61 Å². The molecule has 0 heterocycles. The van der Waals surface area contributed by atoms with E-state index in [0.717, 1.165) is 5.56 Å². The maximum atomic E-state index is 12.0. The molecule has 0 aliphatic rings. The van der Waals surface area contributed by atoms with Gasteiger partial charge in [0.05, 0.1) is 19.6 Å². The first-order chi connectivity index (χ1) is 12.4. The predicted octanol–water partition coefficient (Wildman–Crippen LogP) is 3.97. The van der Waals surface area contributed by atoms with E-state index in [9.17, 15) is 9.59 Å². The predicted molar refractivity (Wildman–Crippen MR) is 101 cm³/mol. The third-order valence-corrected chi connectivity index (χ3v) is 4.27. The lowest BCUT2D eigenvalue weighted by Gasteiger charge is -2.15. The monoisotopic (exact) mass is 395 g/mol. The van der Waals surface area contributed by atoms with Crippen LogP contribution < -0.4 is 10.1 Å². The number of carbonyl (C=O) groups is 2. The molecule has 0 fully saturated rings. The van der Waals surface area contributed by atoms with Gasteiger partial charge in [-0.1, -0.05) is 41.4 Å². The van der Waals surface area contributed by atoms with Crippen molar-refractivity contribution in [2.45, 2.75) is 19.4 Å². The topological polar surface area (TPSA) is 64.6 Å². The van der Waals surface area contributed by atoms with Crippen LogP contribution in [0.5, 0.6) is 5.75 Å². The largest absolute Gasteiger partial charge is 0.496 e. The van der Waals surface area contributed by atoms with E-state index >= 15 is 0 Å². The molecule has 0 unspecified atom stereocenters. The van der Waals surface area contributed by atoms with Gasteiger partial charge in [0, 0.05) is 15.6 Å². The molecule has 26 heavy (non-hydrogen) atoms. The van der Waals surface area contributed by atoms with Crippen LogP contribution in [0.25, 0.3) is 0 Å². The van der Waals surface area contributed by atoms with Crippen molar-refractivity contribution in [1.29, 1.82) is 0 Å². The van der Waals surface area contributed by atoms with Crippen LogP contribution in [0.1, 0.15) is 24.1 Å². The van der Waals surface area contributed by atoms with Crippen LogP contribution in [0.4, 0.5) is 0 Å². The Morgan fingerprint density at radius 2 is 1.88 bits per heavy atom. The molecule has 2 aromatic rings. The summed E-state index contributed by atoms with van der Waals surface area (Å²) < 4.78 is 10.2. The summed E-state index contributed by atoms with van der Waals surface area (Å²) in [5, 5.41) is 3.79. The van der Waals surface area contributed by atoms with Crippen LogP contribution in [0.3, 0.4) is 0 Å². The molecule has 0 aliphatic heterocycles. The highest BCUT2D eigenvalue weighted by molar-refractivity contribution is 6.31. The number of methoxy groups -OCH3 is 1. The maximum Gasteiger partial charge on any atom is 0.310 e. The Morgan fingerprint density at radius 1 is 1.15 bits per heavy atom. The van der Waals surface area contributed by atoms with Gasteiger partial charge in [-0.05, 0) is 36.8 Å². The minimum absolute atomic E-state index is 0.0446. The van der Waals surface area contributed by atoms with Crippen LogP contribution >= 0.6 is 23.2 Å². The second kappa shape index (κ2) is 9.46. The molecule has 0 saturated carbocycles. The lowest BCUT2D eigenvalue weighted by atomic mass is 10.1. The molecule has 0 radical (unpaired) electrons. The summed E-state index contributed by atoms with van der Waals surface area (Å²) in [6, 6.07) is 11.9. The summed E-state index contributed by atoms with van der Waals surface area (Å²) >= 11 is 12.0. The molecule has 7 heteroatoms. The number of rotatable bonds is 7. The van der Waals surface area contributed by atoms with Crippen LogP contribution in [0, 0.1) is 0 Å². The summed E-state index contributed by atoms with van der Waals surface area (Å²) in [5.74, 6) is -0.432. The Balaban J connectivity index is 1.86. The molecule has 1 atom stereocenters. The highest BCUT2D eigenvalue weighted by atomic mass is 35.5. The molecule has 1 amide bonds. The van der Waals surface area contributed by atoms with Crippen molar-refractivity contribution in [3.05, 3.63) is 63.6 Å². The lowest BCUT2D eigenvalue weighted by molar-refractivity contribution is -0.148. The third-order valence-electron chi connectivity index (χ3n) is 3.69. The summed E-state index contributed by atoms with van der Waals surface area (Å²) in [7, 11) is 1.50. The van der Waals surface area contributed by atoms with E-state index in [0.29, 0.717) is 21.4 Å². The number of hydrogen-bond acceptors (Lipinski definition) is 4. The van der Waals surface area contributed by atoms with Gasteiger partial charge in [0.25, 0.3) is 5.91 Å². The Morgan fingerprint density at radius 3 is 2.58 bits per heavy atom. The van der Waals surface area contributed by atoms with Crippen molar-refractivity contribution in [3.8, 4) is 5.75 Å². The lowest BCUT2D eigenvalue weighted by Crippen LogP contribution is -2.31. The van der Waals surface area contributed by atoms with Gasteiger partial charge in [0.2, 0.25) is 0 Å². The minimum atomic E-state index is -0.550. The number of amides is 1. The highest BCUT2D eigenvalue weighted by Gasteiger charge is 2.15. The second-order valence-electron chi connectivity index (χ2n) is 5.60. The van der Waals surface area contributed by atoms with Gasteiger partial charge in [-0.3, -0.25) is 9.59 Å². The fourth-order valence-electron chi connectivity index (χ4n) is 2.43. The number of esters is 1. The van der Waals surface area contributed by atoms with E-state index in [2.05, 4.69) is 5.32 Å². The fraction of sp³-hybridized carbons (Fsp3) is 0.263. The normalized spacial score (nSPS) is 11.5. The number of halogens is 2. The first-order valence-electron chi connectivity index (χ1n) is 7.92. The molecule has 138 valence electrons. The number of carbonyl (C=O) groups excluding carboxylic acids is 2. The second-order valence-corrected chi connectivity index (χ2v) is 6.45. The first kappa shape index (κ1) is 20.1. The average Bonchev–Trinajstić information content (AvgIpc) is 2.60. The van der Waals surface area contributed by atoms with Crippen molar-refractivity contribution in [2.75, 3.05) is 13.7 Å². The maximum absolute atomic E-state index is 12.0. The Labute approximate surface area is 162 Å². The summed E-state index contributed by atoms with van der Waals surface area (Å²) in [6.07, 6.45) is -0.0446. The molecular weight excluding hydrogens is 377 g/mol. The Kier molecular flexibility index (Phi) is 7.30. The van der Waals surface area contributed by atoms with Crippen LogP contribution in [-0.4, -0.2) is 25.6 Å². The van der Waals surface area contributed by atoms with E-state index in [4.69, 9.17) is 32.7 Å². The van der Waals surface area contributed by atoms with Crippen molar-refractivity contribution in [1.82, 2.24) is 5.32 Å². The van der Waals surface area contributed by atoms with Gasteiger partial charge < -0.3 is 14.8 Å². The van der Waals surface area contributed by atoms with Gasteiger partial charge >= 0.3 is 5.97 Å². The molecule has 0 spiro atoms. The van der Waals surface area contributed by atoms with Gasteiger partial charge in [-0.2, -0.15) is 0 Å². The summed E-state index contributed by atoms with van der Waals surface area (Å²) in [6.45, 7) is 1.42. The van der Waals surface area contributed by atoms with Gasteiger partial charge in [-0.15, -0.1) is 0 Å². The number of hydrogen-bond donors (Lipinski definition) is 1. The fourth-order valence-corrected chi connectivity index (χ4v) is 2.92. The summed E-state index contributed by atoms with van der Waals surface area (Å²) in [4.78, 5) is 24.0. The molecule has 0 aromatic heterocycles. The third kappa shape index (κ3) is 5.64. The zero-order valence-electron chi connectivity index (χ0n) is 14.4. The standard InChI is InChI=1S/C19H19Cl2NO4/c1-12(15-5-3-4-6-16(15)21)22-18(23)11-26-19(24)10-13-9-14(20)7-8-17(13)25-2/h3-9,12H,10-11H2,1-2H3,(H,22,23)/t12-/m0/s1. The average molecular weight is 396 g/mol. The number of benzene rings is 2. The zero-order chi connectivity index (χ0) is 19.1. The smallest absolute Gasteiger partial charge is 0.310 e. The first-order valence-corrected chi connectivity index (χ1v) is 8.68. The van der Waals surface area contributed by atoms with E-state index in [1.165, 1.54) is 7.11 Å². The van der Waals surface area contributed by atoms with Crippen LogP contribution in [0.15, 0.2) is 42.5 Å². The van der Waals surface area contributed by atoms with Crippen molar-refractivity contribution < 1.29 is 19.1 Å². The molecule has 0 saturated heterocycles. The van der Waals surface area contributed by atoms with Crippen molar-refractivity contribution in [3.63, 3.8) is 0 Å². The molecule has 2 aromatic carbocycles. The van der Waals surface area contributed by atoms with Crippen LogP contribution in [0.2, 0.25) is 10.0 Å². The quantitative estimate of drug-likeness (QED) is 0.720. The molecule has 0 bridgehead atoms. The molecule has 1 N–H and O–H groups in total. The molecule has 5 nitrogen and oxygen atoms in total. The molecule has 0 aliphatic carbocycles. The van der Waals surface area contributed by atoms with E-state index in [-0.39, 0.29) is 19.1 Å². The van der Waals surface area contributed by atoms with E-state index < -0.39 is 11.9 Å². The van der Waals surface area contributed by atoms with E-state index in [1.807, 2.05) is 18.2 Å². The van der Waals surface area contributed by atoms with Gasteiger partial charge in [-0.25, -0.2) is 0 Å². The highest BCUT2D eigenvalue weighted by Crippen LogP contribution is 2.24. The Bertz CT molecular complexity index is 795. The molecule has 2 rings (SSSR count). The zero-order valence-corrected chi connectivity index (χ0v) is 15.9. The van der Waals surface area contributed by atoms with Crippen molar-refractivity contribution >= 4 is 35.1 Å². The van der Waals surface area contributed by atoms with Crippen molar-refractivity contribution in [2.24, 2.45) is 0 Å². The van der Waals surface area contributed by atoms with Crippen LogP contribution in [-0.2, 0) is 20.7 Å². The number of nitrogens with one attached hydrogen (secondary N) is 1. The molecular formula is C19H19Cl2NO4. The summed E-state index contributed by atoms with van der Waals surface area (Å²) in [5.41, 5.74) is 1.38. The number of ether oxygens (including phenoxy) is 2.